The third-order valence-corrected chi connectivity index (χ3v) is 3.70. The number of benzene rings is 1. The summed E-state index contributed by atoms with van der Waals surface area (Å²) in [4.78, 5) is 0. The maximum Gasteiger partial charge on any atom is 0.00390 e. The molecule has 1 aliphatic carbocycles. The first-order chi connectivity index (χ1) is 7.63. The summed E-state index contributed by atoms with van der Waals surface area (Å²) in [5.41, 5.74) is 10.2. The van der Waals surface area contributed by atoms with E-state index in [-0.39, 0.29) is 0 Å². The van der Waals surface area contributed by atoms with Gasteiger partial charge in [-0.1, -0.05) is 29.3 Å². The van der Waals surface area contributed by atoms with Crippen molar-refractivity contribution in [2.45, 2.75) is 52.0 Å². The molecule has 0 heterocycles. The fourth-order valence-electron chi connectivity index (χ4n) is 2.91. The molecule has 0 unspecified atom stereocenters. The molecule has 1 fully saturated rings. The number of nitrogens with two attached hydrogens (primary N) is 1. The number of hydrogen-bond donors (Lipinski definition) is 1. The van der Waals surface area contributed by atoms with Gasteiger partial charge in [-0.25, -0.2) is 0 Å². The Balaban J connectivity index is 1.98. The molecule has 0 amide bonds. The molecule has 1 heteroatoms. The molecule has 0 bridgehead atoms. The number of rotatable bonds is 2. The first kappa shape index (κ1) is 11.7. The predicted molar refractivity (Wildman–Crippen MR) is 69.6 cm³/mol. The molecule has 2 N–H and O–H groups in total. The lowest BCUT2D eigenvalue weighted by Crippen LogP contribution is -2.27. The normalized spacial score (nSPS) is 25.7. The molecular formula is C15H23N. The number of hydrogen-bond acceptors (Lipinski definition) is 1. The van der Waals surface area contributed by atoms with E-state index in [0.717, 1.165) is 5.92 Å². The average Bonchev–Trinajstić information content (AvgIpc) is 2.20. The minimum atomic E-state index is 0.468. The molecule has 1 aromatic rings. The highest BCUT2D eigenvalue weighted by Gasteiger charge is 2.18. The average molecular weight is 217 g/mol. The predicted octanol–water partition coefficient (Wildman–Crippen LogP) is 3.36. The van der Waals surface area contributed by atoms with Gasteiger partial charge in [-0.2, -0.15) is 0 Å². The molecule has 0 aliphatic heterocycles. The topological polar surface area (TPSA) is 26.0 Å². The second kappa shape index (κ2) is 5.01. The summed E-state index contributed by atoms with van der Waals surface area (Å²) in [7, 11) is 0. The third kappa shape index (κ3) is 3.08. The van der Waals surface area contributed by atoms with E-state index < -0.39 is 0 Å². The molecule has 1 aliphatic rings. The quantitative estimate of drug-likeness (QED) is 0.807. The van der Waals surface area contributed by atoms with Crippen LogP contribution >= 0.6 is 0 Å². The van der Waals surface area contributed by atoms with E-state index in [1.165, 1.54) is 48.8 Å². The molecular weight excluding hydrogens is 194 g/mol. The lowest BCUT2D eigenvalue weighted by Gasteiger charge is -2.26. The summed E-state index contributed by atoms with van der Waals surface area (Å²) in [6, 6.07) is 7.39. The van der Waals surface area contributed by atoms with Crippen molar-refractivity contribution in [1.82, 2.24) is 0 Å². The first-order valence-electron chi connectivity index (χ1n) is 6.46. The van der Waals surface area contributed by atoms with Crippen molar-refractivity contribution in [1.29, 1.82) is 0 Å². The van der Waals surface area contributed by atoms with Gasteiger partial charge in [0.05, 0.1) is 0 Å². The summed E-state index contributed by atoms with van der Waals surface area (Å²) in [6.45, 7) is 4.38. The highest BCUT2D eigenvalue weighted by Crippen LogP contribution is 2.27. The molecule has 88 valence electrons. The molecule has 0 saturated heterocycles. The van der Waals surface area contributed by atoms with E-state index >= 15 is 0 Å². The van der Waals surface area contributed by atoms with Crippen molar-refractivity contribution in [2.75, 3.05) is 0 Å². The Morgan fingerprint density at radius 2 is 1.56 bits per heavy atom. The van der Waals surface area contributed by atoms with Crippen LogP contribution in [0, 0.1) is 19.8 Å². The van der Waals surface area contributed by atoms with Crippen LogP contribution in [-0.2, 0) is 6.42 Å². The summed E-state index contributed by atoms with van der Waals surface area (Å²) in [5.74, 6) is 0.862. The van der Waals surface area contributed by atoms with Gasteiger partial charge in [-0.3, -0.25) is 0 Å². The van der Waals surface area contributed by atoms with Gasteiger partial charge in [0.2, 0.25) is 0 Å². The van der Waals surface area contributed by atoms with Crippen molar-refractivity contribution in [3.05, 3.63) is 34.9 Å². The van der Waals surface area contributed by atoms with Crippen LogP contribution in [0.4, 0.5) is 0 Å². The Bertz CT molecular complexity index is 328. The van der Waals surface area contributed by atoms with Gasteiger partial charge in [-0.05, 0) is 57.4 Å². The molecule has 1 nitrogen and oxygen atoms in total. The SMILES string of the molecule is Cc1cc(C)cc(CC2CCC(N)CC2)c1. The monoisotopic (exact) mass is 217 g/mol. The fraction of sp³-hybridized carbons (Fsp3) is 0.600. The Kier molecular flexibility index (Phi) is 3.65. The van der Waals surface area contributed by atoms with E-state index in [2.05, 4.69) is 32.0 Å². The van der Waals surface area contributed by atoms with Crippen LogP contribution in [0.1, 0.15) is 42.4 Å². The van der Waals surface area contributed by atoms with Gasteiger partial charge in [0.1, 0.15) is 0 Å². The Hall–Kier alpha value is -0.820. The van der Waals surface area contributed by atoms with Gasteiger partial charge < -0.3 is 5.73 Å². The minimum absolute atomic E-state index is 0.468. The minimum Gasteiger partial charge on any atom is -0.328 e. The smallest absolute Gasteiger partial charge is 0.00390 e. The zero-order chi connectivity index (χ0) is 11.5. The highest BCUT2D eigenvalue weighted by atomic mass is 14.6. The van der Waals surface area contributed by atoms with Gasteiger partial charge in [0.15, 0.2) is 0 Å². The second-order valence-electron chi connectivity index (χ2n) is 5.48. The third-order valence-electron chi connectivity index (χ3n) is 3.70. The molecule has 1 saturated carbocycles. The van der Waals surface area contributed by atoms with Gasteiger partial charge in [0, 0.05) is 6.04 Å². The van der Waals surface area contributed by atoms with Crippen LogP contribution in [0.5, 0.6) is 0 Å². The Morgan fingerprint density at radius 1 is 1.00 bits per heavy atom. The Labute approximate surface area is 99.0 Å². The van der Waals surface area contributed by atoms with Gasteiger partial charge in [0.25, 0.3) is 0 Å². The van der Waals surface area contributed by atoms with Crippen molar-refractivity contribution < 1.29 is 0 Å². The van der Waals surface area contributed by atoms with Gasteiger partial charge >= 0.3 is 0 Å². The zero-order valence-corrected chi connectivity index (χ0v) is 10.5. The van der Waals surface area contributed by atoms with E-state index in [1.54, 1.807) is 0 Å². The summed E-state index contributed by atoms with van der Waals surface area (Å²) < 4.78 is 0. The molecule has 2 rings (SSSR count). The second-order valence-corrected chi connectivity index (χ2v) is 5.48. The lowest BCUT2D eigenvalue weighted by atomic mass is 9.82. The fourth-order valence-corrected chi connectivity index (χ4v) is 2.91. The molecule has 0 aromatic heterocycles. The van der Waals surface area contributed by atoms with Crippen molar-refractivity contribution >= 4 is 0 Å². The van der Waals surface area contributed by atoms with E-state index in [0.29, 0.717) is 6.04 Å². The molecule has 1 aromatic carbocycles. The molecule has 0 radical (unpaired) electrons. The maximum absolute atomic E-state index is 5.94. The maximum atomic E-state index is 5.94. The summed E-state index contributed by atoms with van der Waals surface area (Å²) >= 11 is 0. The van der Waals surface area contributed by atoms with Crippen molar-refractivity contribution in [3.63, 3.8) is 0 Å². The lowest BCUT2D eigenvalue weighted by molar-refractivity contribution is 0.325. The molecule has 0 spiro atoms. The van der Waals surface area contributed by atoms with Crippen LogP contribution in [0.15, 0.2) is 18.2 Å². The van der Waals surface area contributed by atoms with E-state index in [1.807, 2.05) is 0 Å². The zero-order valence-electron chi connectivity index (χ0n) is 10.5. The highest BCUT2D eigenvalue weighted by molar-refractivity contribution is 5.28. The number of aryl methyl sites for hydroxylation is 2. The van der Waals surface area contributed by atoms with E-state index in [9.17, 15) is 0 Å². The largest absolute Gasteiger partial charge is 0.328 e. The molecule has 0 atom stereocenters. The summed E-state index contributed by atoms with van der Waals surface area (Å²) in [6.07, 6.45) is 6.31. The Morgan fingerprint density at radius 3 is 2.12 bits per heavy atom. The summed E-state index contributed by atoms with van der Waals surface area (Å²) in [5, 5.41) is 0. The van der Waals surface area contributed by atoms with E-state index in [4.69, 9.17) is 5.73 Å². The van der Waals surface area contributed by atoms with Crippen LogP contribution in [0.25, 0.3) is 0 Å². The standard InChI is InChI=1S/C15H23N/c1-11-7-12(2)9-14(8-11)10-13-3-5-15(16)6-4-13/h7-9,13,15H,3-6,10,16H2,1-2H3. The van der Waals surface area contributed by atoms with Crippen LogP contribution in [0.3, 0.4) is 0 Å². The first-order valence-corrected chi connectivity index (χ1v) is 6.46. The van der Waals surface area contributed by atoms with Crippen LogP contribution < -0.4 is 5.73 Å². The van der Waals surface area contributed by atoms with Crippen LogP contribution in [-0.4, -0.2) is 6.04 Å². The van der Waals surface area contributed by atoms with Crippen molar-refractivity contribution in [3.8, 4) is 0 Å². The van der Waals surface area contributed by atoms with Crippen molar-refractivity contribution in [2.24, 2.45) is 11.7 Å². The van der Waals surface area contributed by atoms with Gasteiger partial charge in [-0.15, -0.1) is 0 Å². The molecule has 16 heavy (non-hydrogen) atoms. The van der Waals surface area contributed by atoms with Crippen LogP contribution in [0.2, 0.25) is 0 Å².